The molecule has 0 aromatic carbocycles. The minimum absolute atomic E-state index is 0.0294. The Kier molecular flexibility index (Phi) is 32.6. The van der Waals surface area contributed by atoms with E-state index in [4.69, 9.17) is 9.05 Å². The number of carbonyl (C=O) groups is 1. The van der Waals surface area contributed by atoms with E-state index >= 15 is 0 Å². The third kappa shape index (κ3) is 36.4. The van der Waals surface area contributed by atoms with Crippen LogP contribution in [-0.2, 0) is 18.4 Å². The van der Waals surface area contributed by atoms with Crippen LogP contribution >= 0.6 is 7.82 Å². The van der Waals surface area contributed by atoms with E-state index in [9.17, 15) is 24.5 Å². The molecule has 0 heterocycles. The quantitative estimate of drug-likeness (QED) is 0.0196. The maximum atomic E-state index is 12.8. The molecular formula is C43H75N2O7P. The smallest absolute Gasteiger partial charge is 0.268 e. The van der Waals surface area contributed by atoms with Crippen LogP contribution in [-0.4, -0.2) is 79.8 Å². The first kappa shape index (κ1) is 50.6. The van der Waals surface area contributed by atoms with Gasteiger partial charge in [0.05, 0.1) is 46.0 Å². The molecule has 304 valence electrons. The Balaban J connectivity index is 4.71. The minimum atomic E-state index is -4.62. The van der Waals surface area contributed by atoms with Crippen LogP contribution < -0.4 is 10.2 Å². The van der Waals surface area contributed by atoms with E-state index in [0.717, 1.165) is 51.4 Å². The molecule has 0 aromatic heterocycles. The van der Waals surface area contributed by atoms with Gasteiger partial charge in [0, 0.05) is 6.42 Å². The number of rotatable bonds is 34. The van der Waals surface area contributed by atoms with E-state index in [2.05, 4.69) is 49.5 Å². The van der Waals surface area contributed by atoms with E-state index in [1.807, 2.05) is 63.7 Å². The number of aliphatic hydroxyl groups is 2. The van der Waals surface area contributed by atoms with Crippen molar-refractivity contribution in [2.45, 2.75) is 141 Å². The Morgan fingerprint density at radius 3 is 2.04 bits per heavy atom. The van der Waals surface area contributed by atoms with Crippen molar-refractivity contribution in [2.24, 2.45) is 0 Å². The van der Waals surface area contributed by atoms with Gasteiger partial charge in [0.2, 0.25) is 5.91 Å². The van der Waals surface area contributed by atoms with Crippen molar-refractivity contribution in [3.63, 3.8) is 0 Å². The molecule has 0 aliphatic rings. The van der Waals surface area contributed by atoms with E-state index in [1.54, 1.807) is 12.2 Å². The molecule has 4 atom stereocenters. The number of hydrogen-bond acceptors (Lipinski definition) is 7. The van der Waals surface area contributed by atoms with Crippen LogP contribution in [0.15, 0.2) is 85.1 Å². The molecule has 3 N–H and O–H groups in total. The molecule has 0 saturated heterocycles. The minimum Gasteiger partial charge on any atom is -0.756 e. The van der Waals surface area contributed by atoms with Crippen molar-refractivity contribution in [1.29, 1.82) is 0 Å². The fourth-order valence-corrected chi connectivity index (χ4v) is 5.64. The number of nitrogens with one attached hydrogen (secondary N) is 1. The van der Waals surface area contributed by atoms with Crippen molar-refractivity contribution in [3.05, 3.63) is 85.1 Å². The van der Waals surface area contributed by atoms with E-state index < -0.39 is 32.7 Å². The predicted molar refractivity (Wildman–Crippen MR) is 220 cm³/mol. The summed E-state index contributed by atoms with van der Waals surface area (Å²) in [5.41, 5.74) is 0. The Labute approximate surface area is 323 Å². The molecule has 0 spiro atoms. The van der Waals surface area contributed by atoms with Crippen molar-refractivity contribution < 1.29 is 38.0 Å². The number of aliphatic hydroxyl groups excluding tert-OH is 2. The van der Waals surface area contributed by atoms with Crippen LogP contribution in [0.1, 0.15) is 123 Å². The van der Waals surface area contributed by atoms with Gasteiger partial charge in [-0.05, 0) is 70.6 Å². The molecule has 1 amide bonds. The highest BCUT2D eigenvalue weighted by Crippen LogP contribution is 2.38. The zero-order chi connectivity index (χ0) is 39.5. The predicted octanol–water partition coefficient (Wildman–Crippen LogP) is 8.97. The molecule has 0 fully saturated rings. The molecular weight excluding hydrogens is 687 g/mol. The highest BCUT2D eigenvalue weighted by molar-refractivity contribution is 7.45. The van der Waals surface area contributed by atoms with Crippen LogP contribution in [0.3, 0.4) is 0 Å². The molecule has 0 aliphatic carbocycles. The van der Waals surface area contributed by atoms with E-state index in [1.165, 1.54) is 32.1 Å². The van der Waals surface area contributed by atoms with Gasteiger partial charge in [-0.3, -0.25) is 9.36 Å². The highest BCUT2D eigenvalue weighted by Gasteiger charge is 2.23. The number of allylic oxidation sites excluding steroid dienone is 11. The van der Waals surface area contributed by atoms with Gasteiger partial charge in [-0.25, -0.2) is 0 Å². The number of carbonyl (C=O) groups excluding carboxylic acids is 1. The average molecular weight is 763 g/mol. The van der Waals surface area contributed by atoms with Crippen LogP contribution in [0.25, 0.3) is 0 Å². The van der Waals surface area contributed by atoms with Crippen LogP contribution in [0, 0.1) is 0 Å². The lowest BCUT2D eigenvalue weighted by Crippen LogP contribution is -2.45. The lowest BCUT2D eigenvalue weighted by atomic mass is 10.1. The number of phosphoric acid groups is 1. The molecule has 10 heteroatoms. The second-order valence-corrected chi connectivity index (χ2v) is 15.9. The molecule has 0 aliphatic heterocycles. The second-order valence-electron chi connectivity index (χ2n) is 14.4. The Morgan fingerprint density at radius 1 is 0.736 bits per heavy atom. The Morgan fingerprint density at radius 2 is 1.34 bits per heavy atom. The largest absolute Gasteiger partial charge is 0.756 e. The normalized spacial score (nSPS) is 16.0. The van der Waals surface area contributed by atoms with Gasteiger partial charge in [0.15, 0.2) is 0 Å². The summed E-state index contributed by atoms with van der Waals surface area (Å²) in [6.07, 6.45) is 42.3. The first-order valence-electron chi connectivity index (χ1n) is 20.1. The third-order valence-corrected chi connectivity index (χ3v) is 9.11. The van der Waals surface area contributed by atoms with Gasteiger partial charge in [-0.2, -0.15) is 0 Å². The first-order valence-corrected chi connectivity index (χ1v) is 21.5. The maximum Gasteiger partial charge on any atom is 0.268 e. The second kappa shape index (κ2) is 34.2. The maximum absolute atomic E-state index is 12.8. The van der Waals surface area contributed by atoms with Crippen LogP contribution in [0.5, 0.6) is 0 Å². The van der Waals surface area contributed by atoms with Gasteiger partial charge >= 0.3 is 0 Å². The average Bonchev–Trinajstić information content (AvgIpc) is 3.10. The number of unbranched alkanes of at least 4 members (excludes halogenated alkanes) is 9. The standard InChI is InChI=1S/C43H75N2O7P/c1-6-8-10-12-14-15-16-17-18-19-23-27-31-35-42(47)41(39-52-53(49,50)51-38-37-45(3,4)5)44-43(48)36-32-28-24-21-20-22-26-30-34-40(46)33-29-25-13-11-9-7-2/h9-12,21-22,24-26,29-31,34-35,40-42,46-47H,6-8,13-20,23,27-28,32-33,36-39H2,1-5H3,(H-,44,48,49,50)/b11-9-,12-10-,24-21-,26-22-,29-25-,34-30+,35-31+/t40?,41-,42+/m0/s1. The molecule has 0 aromatic rings. The summed E-state index contributed by atoms with van der Waals surface area (Å²) in [4.78, 5) is 25.2. The summed E-state index contributed by atoms with van der Waals surface area (Å²) in [5, 5.41) is 23.7. The lowest BCUT2D eigenvalue weighted by Gasteiger charge is -2.29. The van der Waals surface area contributed by atoms with Gasteiger partial charge in [0.25, 0.3) is 7.82 Å². The number of likely N-dealkylation sites (N-methyl/N-ethyl adjacent to an activating group) is 1. The van der Waals surface area contributed by atoms with Gasteiger partial charge in [0.1, 0.15) is 13.2 Å². The summed E-state index contributed by atoms with van der Waals surface area (Å²) in [5.74, 6) is -0.289. The molecule has 0 saturated carbocycles. The zero-order valence-corrected chi connectivity index (χ0v) is 34.7. The SMILES string of the molecule is CC/C=C\C/C=C\CC(O)/C=C/C=C\C/C=C\CCCC(=O)N[C@@H](COP(=O)([O-])OCC[N+](C)(C)C)[C@H](O)/C=C/CCCCCCCC/C=C\CCC. The topological polar surface area (TPSA) is 128 Å². The lowest BCUT2D eigenvalue weighted by molar-refractivity contribution is -0.870. The van der Waals surface area contributed by atoms with Gasteiger partial charge in [-0.1, -0.05) is 131 Å². The molecule has 2 unspecified atom stereocenters. The molecule has 53 heavy (non-hydrogen) atoms. The van der Waals surface area contributed by atoms with Gasteiger partial charge < -0.3 is 34.0 Å². The van der Waals surface area contributed by atoms with Gasteiger partial charge in [-0.15, -0.1) is 0 Å². The summed E-state index contributed by atoms with van der Waals surface area (Å²) < 4.78 is 23.1. The molecule has 0 bridgehead atoms. The zero-order valence-electron chi connectivity index (χ0n) is 33.8. The van der Waals surface area contributed by atoms with Crippen molar-refractivity contribution in [1.82, 2.24) is 5.32 Å². The van der Waals surface area contributed by atoms with E-state index in [-0.39, 0.29) is 18.9 Å². The molecule has 0 rings (SSSR count). The Bertz CT molecular complexity index is 1150. The van der Waals surface area contributed by atoms with Crippen LogP contribution in [0.4, 0.5) is 0 Å². The molecule has 0 radical (unpaired) electrons. The van der Waals surface area contributed by atoms with Crippen molar-refractivity contribution in [3.8, 4) is 0 Å². The third-order valence-electron chi connectivity index (χ3n) is 8.14. The Hall–Kier alpha value is -2.36. The molecule has 9 nitrogen and oxygen atoms in total. The first-order chi connectivity index (χ1) is 25.4. The summed E-state index contributed by atoms with van der Waals surface area (Å²) in [6.45, 7) is 4.31. The summed E-state index contributed by atoms with van der Waals surface area (Å²) in [6, 6.07) is -0.944. The van der Waals surface area contributed by atoms with E-state index in [0.29, 0.717) is 30.3 Å². The fraction of sp³-hybridized carbons (Fsp3) is 0.651. The number of hydrogen-bond donors (Lipinski definition) is 3. The summed E-state index contributed by atoms with van der Waals surface area (Å²) >= 11 is 0. The number of phosphoric ester groups is 1. The number of nitrogens with zero attached hydrogens (tertiary/aromatic N) is 1. The fourth-order valence-electron chi connectivity index (χ4n) is 4.92. The highest BCUT2D eigenvalue weighted by atomic mass is 31.2. The number of quaternary nitrogens is 1. The summed E-state index contributed by atoms with van der Waals surface area (Å²) in [7, 11) is 1.16. The van der Waals surface area contributed by atoms with Crippen molar-refractivity contribution in [2.75, 3.05) is 40.9 Å². The van der Waals surface area contributed by atoms with Crippen LogP contribution in [0.2, 0.25) is 0 Å². The monoisotopic (exact) mass is 763 g/mol. The van der Waals surface area contributed by atoms with Crippen molar-refractivity contribution >= 4 is 13.7 Å². The number of amides is 1.